The van der Waals surface area contributed by atoms with Gasteiger partial charge in [0.25, 0.3) is 0 Å². The van der Waals surface area contributed by atoms with E-state index in [-0.39, 0.29) is 0 Å². The Morgan fingerprint density at radius 1 is 1.29 bits per heavy atom. The molecular formula is C11H20N2S. The molecule has 0 unspecified atom stereocenters. The summed E-state index contributed by atoms with van der Waals surface area (Å²) in [5, 5.41) is 3.25. The Balaban J connectivity index is 3.67. The first-order chi connectivity index (χ1) is 6.52. The third-order valence-electron chi connectivity index (χ3n) is 1.82. The van der Waals surface area contributed by atoms with Gasteiger partial charge in [-0.3, -0.25) is 0 Å². The van der Waals surface area contributed by atoms with Crippen LogP contribution in [-0.2, 0) is 0 Å². The molecule has 0 aromatic carbocycles. The normalized spacial score (nSPS) is 10.9. The van der Waals surface area contributed by atoms with E-state index in [1.165, 1.54) is 11.1 Å². The van der Waals surface area contributed by atoms with Crippen LogP contribution in [0.5, 0.6) is 0 Å². The van der Waals surface area contributed by atoms with Crippen LogP contribution in [0.3, 0.4) is 0 Å². The van der Waals surface area contributed by atoms with E-state index in [0.29, 0.717) is 5.11 Å². The largest absolute Gasteiger partial charge is 0.376 e. The highest BCUT2D eigenvalue weighted by Crippen LogP contribution is 2.05. The van der Waals surface area contributed by atoms with Crippen molar-refractivity contribution in [2.75, 3.05) is 6.54 Å². The van der Waals surface area contributed by atoms with Crippen molar-refractivity contribution >= 4 is 17.3 Å². The predicted molar refractivity (Wildman–Crippen MR) is 67.2 cm³/mol. The Hall–Kier alpha value is -0.830. The maximum atomic E-state index is 5.30. The summed E-state index contributed by atoms with van der Waals surface area (Å²) in [6.45, 7) is 7.09. The summed E-state index contributed by atoms with van der Waals surface area (Å²) in [7, 11) is 0. The third kappa shape index (κ3) is 9.26. The van der Waals surface area contributed by atoms with E-state index in [9.17, 15) is 0 Å². The lowest BCUT2D eigenvalue weighted by molar-refractivity contribution is 0.941. The van der Waals surface area contributed by atoms with Crippen molar-refractivity contribution < 1.29 is 0 Å². The number of nitrogens with two attached hydrogens (primary N) is 1. The van der Waals surface area contributed by atoms with Crippen LogP contribution >= 0.6 is 12.2 Å². The molecule has 0 atom stereocenters. The maximum absolute atomic E-state index is 5.30. The monoisotopic (exact) mass is 212 g/mol. The van der Waals surface area contributed by atoms with Crippen LogP contribution in [0.1, 0.15) is 33.6 Å². The number of nitrogens with one attached hydrogen (secondary N) is 1. The first-order valence-electron chi connectivity index (χ1n) is 4.84. The molecule has 0 rings (SSSR count). The molecule has 14 heavy (non-hydrogen) atoms. The summed E-state index contributed by atoms with van der Waals surface area (Å²) in [6, 6.07) is 0. The minimum atomic E-state index is 0.360. The van der Waals surface area contributed by atoms with Crippen molar-refractivity contribution in [1.82, 2.24) is 5.32 Å². The topological polar surface area (TPSA) is 38.0 Å². The van der Waals surface area contributed by atoms with Crippen molar-refractivity contribution in [1.29, 1.82) is 0 Å². The molecule has 0 aliphatic rings. The standard InChI is InChI=1S/C11H20N2S/c1-9(2)5-4-6-10(3)7-8-13-11(12)14/h5,7H,4,6,8H2,1-3H3,(H3,12,13,14). The first-order valence-corrected chi connectivity index (χ1v) is 5.25. The van der Waals surface area contributed by atoms with Crippen LogP contribution < -0.4 is 11.1 Å². The molecule has 0 aromatic rings. The fourth-order valence-electron chi connectivity index (χ4n) is 1.02. The van der Waals surface area contributed by atoms with Gasteiger partial charge in [0.05, 0.1) is 0 Å². The molecule has 0 heterocycles. The SMILES string of the molecule is CC(C)=CCCC(C)=CCNC(N)=S. The van der Waals surface area contributed by atoms with Crippen LogP contribution in [0.15, 0.2) is 23.3 Å². The molecule has 0 saturated carbocycles. The number of hydrogen-bond donors (Lipinski definition) is 2. The van der Waals surface area contributed by atoms with Gasteiger partial charge in [0, 0.05) is 6.54 Å². The molecule has 80 valence electrons. The Morgan fingerprint density at radius 3 is 2.43 bits per heavy atom. The summed E-state index contributed by atoms with van der Waals surface area (Å²) in [5.74, 6) is 0. The Kier molecular flexibility index (Phi) is 7.11. The molecule has 0 amide bonds. The van der Waals surface area contributed by atoms with Crippen LogP contribution in [0.2, 0.25) is 0 Å². The van der Waals surface area contributed by atoms with Crippen LogP contribution in [0.25, 0.3) is 0 Å². The summed E-state index contributed by atoms with van der Waals surface area (Å²) < 4.78 is 0. The molecule has 0 bridgehead atoms. The summed E-state index contributed by atoms with van der Waals surface area (Å²) in [4.78, 5) is 0. The van der Waals surface area contributed by atoms with E-state index >= 15 is 0 Å². The van der Waals surface area contributed by atoms with Gasteiger partial charge in [-0.15, -0.1) is 0 Å². The van der Waals surface area contributed by atoms with Crippen molar-refractivity contribution in [3.63, 3.8) is 0 Å². The van der Waals surface area contributed by atoms with Gasteiger partial charge in [0.15, 0.2) is 5.11 Å². The van der Waals surface area contributed by atoms with Gasteiger partial charge in [0.2, 0.25) is 0 Å². The second-order valence-electron chi connectivity index (χ2n) is 3.62. The molecule has 3 N–H and O–H groups in total. The van der Waals surface area contributed by atoms with Gasteiger partial charge < -0.3 is 11.1 Å². The fraction of sp³-hybridized carbons (Fsp3) is 0.545. The van der Waals surface area contributed by atoms with E-state index in [0.717, 1.165) is 19.4 Å². The second kappa shape index (κ2) is 7.56. The van der Waals surface area contributed by atoms with Crippen molar-refractivity contribution in [2.45, 2.75) is 33.6 Å². The highest BCUT2D eigenvalue weighted by Gasteiger charge is 1.89. The van der Waals surface area contributed by atoms with Gasteiger partial charge in [-0.1, -0.05) is 23.3 Å². The van der Waals surface area contributed by atoms with Crippen molar-refractivity contribution in [3.05, 3.63) is 23.3 Å². The van der Waals surface area contributed by atoms with Crippen LogP contribution in [0.4, 0.5) is 0 Å². The maximum Gasteiger partial charge on any atom is 0.163 e. The molecule has 0 saturated heterocycles. The number of rotatable bonds is 5. The molecule has 0 aliphatic heterocycles. The Bertz CT molecular complexity index is 238. The number of allylic oxidation sites excluding steroid dienone is 3. The molecule has 0 fully saturated rings. The van der Waals surface area contributed by atoms with E-state index in [2.05, 4.69) is 38.2 Å². The van der Waals surface area contributed by atoms with Gasteiger partial charge in [-0.05, 0) is 45.8 Å². The predicted octanol–water partition coefficient (Wildman–Crippen LogP) is 2.51. The molecule has 0 aromatic heterocycles. The smallest absolute Gasteiger partial charge is 0.163 e. The molecular weight excluding hydrogens is 192 g/mol. The van der Waals surface area contributed by atoms with Gasteiger partial charge >= 0.3 is 0 Å². The van der Waals surface area contributed by atoms with E-state index in [1.54, 1.807) is 0 Å². The third-order valence-corrected chi connectivity index (χ3v) is 1.96. The molecule has 3 heteroatoms. The molecule has 2 nitrogen and oxygen atoms in total. The number of hydrogen-bond acceptors (Lipinski definition) is 1. The average molecular weight is 212 g/mol. The van der Waals surface area contributed by atoms with Gasteiger partial charge in [0.1, 0.15) is 0 Å². The van der Waals surface area contributed by atoms with Gasteiger partial charge in [-0.2, -0.15) is 0 Å². The quantitative estimate of drug-likeness (QED) is 0.543. The minimum Gasteiger partial charge on any atom is -0.376 e. The Morgan fingerprint density at radius 2 is 1.93 bits per heavy atom. The summed E-state index contributed by atoms with van der Waals surface area (Å²) >= 11 is 4.70. The average Bonchev–Trinajstić information content (AvgIpc) is 2.02. The lowest BCUT2D eigenvalue weighted by Gasteiger charge is -2.01. The zero-order valence-corrected chi connectivity index (χ0v) is 10.1. The zero-order valence-electron chi connectivity index (χ0n) is 9.26. The lowest BCUT2D eigenvalue weighted by Crippen LogP contribution is -2.28. The Labute approximate surface area is 92.3 Å². The number of thiocarbonyl (C=S) groups is 1. The lowest BCUT2D eigenvalue weighted by atomic mass is 10.1. The summed E-state index contributed by atoms with van der Waals surface area (Å²) in [6.07, 6.45) is 6.58. The molecule has 0 aliphatic carbocycles. The van der Waals surface area contributed by atoms with E-state index in [4.69, 9.17) is 18.0 Å². The summed E-state index contributed by atoms with van der Waals surface area (Å²) in [5.41, 5.74) is 8.04. The highest BCUT2D eigenvalue weighted by atomic mass is 32.1. The zero-order chi connectivity index (χ0) is 11.0. The highest BCUT2D eigenvalue weighted by molar-refractivity contribution is 7.80. The van der Waals surface area contributed by atoms with Crippen LogP contribution in [-0.4, -0.2) is 11.7 Å². The molecule has 0 spiro atoms. The van der Waals surface area contributed by atoms with Crippen molar-refractivity contribution in [2.24, 2.45) is 5.73 Å². The van der Waals surface area contributed by atoms with E-state index < -0.39 is 0 Å². The minimum absolute atomic E-state index is 0.360. The van der Waals surface area contributed by atoms with Crippen LogP contribution in [0, 0.1) is 0 Å². The first kappa shape index (κ1) is 13.2. The molecule has 0 radical (unpaired) electrons. The van der Waals surface area contributed by atoms with Gasteiger partial charge in [-0.25, -0.2) is 0 Å². The second-order valence-corrected chi connectivity index (χ2v) is 4.06. The van der Waals surface area contributed by atoms with Crippen molar-refractivity contribution in [3.8, 4) is 0 Å². The fourth-order valence-corrected chi connectivity index (χ4v) is 1.10. The van der Waals surface area contributed by atoms with E-state index in [1.807, 2.05) is 0 Å².